The number of anilines is 2. The van der Waals surface area contributed by atoms with E-state index in [1.807, 2.05) is 0 Å². The van der Waals surface area contributed by atoms with Gasteiger partial charge in [0.25, 0.3) is 5.69 Å². The first-order valence-corrected chi connectivity index (χ1v) is 6.62. The van der Waals surface area contributed by atoms with E-state index in [1.165, 1.54) is 6.07 Å². The third kappa shape index (κ3) is 3.57. The number of nitro benzene ring substituents is 1. The minimum atomic E-state index is -0.416. The lowest BCUT2D eigenvalue weighted by Gasteiger charge is -2.32. The van der Waals surface area contributed by atoms with Gasteiger partial charge in [0, 0.05) is 36.1 Å². The lowest BCUT2D eigenvalue weighted by Crippen LogP contribution is -2.41. The highest BCUT2D eigenvalue weighted by Crippen LogP contribution is 2.24. The van der Waals surface area contributed by atoms with Crippen molar-refractivity contribution in [2.45, 2.75) is 25.8 Å². The maximum atomic E-state index is 10.8. The molecular weight excluding hydrogens is 244 g/mol. The summed E-state index contributed by atoms with van der Waals surface area (Å²) in [6, 6.07) is 5.00. The van der Waals surface area contributed by atoms with Crippen molar-refractivity contribution in [3.05, 3.63) is 28.3 Å². The zero-order valence-corrected chi connectivity index (χ0v) is 11.1. The van der Waals surface area contributed by atoms with Gasteiger partial charge in [-0.05, 0) is 32.0 Å². The van der Waals surface area contributed by atoms with Gasteiger partial charge in [0.1, 0.15) is 0 Å². The van der Waals surface area contributed by atoms with Crippen LogP contribution in [0.25, 0.3) is 0 Å². The molecule has 6 heteroatoms. The first kappa shape index (κ1) is 13.6. The number of non-ortho nitro benzene ring substituents is 1. The quantitative estimate of drug-likeness (QED) is 0.494. The number of piperidine rings is 1. The zero-order valence-electron chi connectivity index (χ0n) is 11.1. The van der Waals surface area contributed by atoms with Gasteiger partial charge in [-0.1, -0.05) is 6.92 Å². The Morgan fingerprint density at radius 2 is 2.32 bits per heavy atom. The van der Waals surface area contributed by atoms with Crippen molar-refractivity contribution < 1.29 is 4.92 Å². The van der Waals surface area contributed by atoms with Crippen LogP contribution in [-0.2, 0) is 0 Å². The lowest BCUT2D eigenvalue weighted by molar-refractivity contribution is -0.384. The molecule has 2 rings (SSSR count). The molecule has 1 heterocycles. The fraction of sp³-hybridized carbons (Fsp3) is 0.538. The molecule has 0 amide bonds. The number of hydrogen-bond donors (Lipinski definition) is 2. The van der Waals surface area contributed by atoms with E-state index in [0.29, 0.717) is 11.7 Å². The van der Waals surface area contributed by atoms with Gasteiger partial charge in [-0.15, -0.1) is 0 Å². The van der Waals surface area contributed by atoms with Crippen LogP contribution in [0.1, 0.15) is 19.8 Å². The summed E-state index contributed by atoms with van der Waals surface area (Å²) in [4.78, 5) is 12.8. The Balaban J connectivity index is 2.08. The van der Waals surface area contributed by atoms with Gasteiger partial charge in [-0.3, -0.25) is 10.1 Å². The summed E-state index contributed by atoms with van der Waals surface area (Å²) >= 11 is 0. The molecule has 1 unspecified atom stereocenters. The number of hydrogen-bond acceptors (Lipinski definition) is 5. The molecule has 19 heavy (non-hydrogen) atoms. The SMILES string of the molecule is CCN1CCCC(Nc2cc(N)cc([N+](=O)[O-])c2)C1. The third-order valence-corrected chi connectivity index (χ3v) is 3.47. The molecule has 0 radical (unpaired) electrons. The third-order valence-electron chi connectivity index (χ3n) is 3.47. The fourth-order valence-corrected chi connectivity index (χ4v) is 2.52. The van der Waals surface area contributed by atoms with Crippen molar-refractivity contribution in [2.75, 3.05) is 30.7 Å². The number of benzene rings is 1. The molecule has 1 aromatic rings. The van der Waals surface area contributed by atoms with Crippen LogP contribution >= 0.6 is 0 Å². The maximum Gasteiger partial charge on any atom is 0.273 e. The highest BCUT2D eigenvalue weighted by atomic mass is 16.6. The first-order valence-electron chi connectivity index (χ1n) is 6.62. The smallest absolute Gasteiger partial charge is 0.273 e. The summed E-state index contributed by atoms with van der Waals surface area (Å²) in [6.45, 7) is 5.29. The van der Waals surface area contributed by atoms with E-state index in [4.69, 9.17) is 5.73 Å². The van der Waals surface area contributed by atoms with Gasteiger partial charge < -0.3 is 16.0 Å². The van der Waals surface area contributed by atoms with Crippen LogP contribution in [0.5, 0.6) is 0 Å². The van der Waals surface area contributed by atoms with Crippen molar-refractivity contribution in [2.24, 2.45) is 0 Å². The number of nitrogens with one attached hydrogen (secondary N) is 1. The fourth-order valence-electron chi connectivity index (χ4n) is 2.52. The van der Waals surface area contributed by atoms with Crippen LogP contribution in [-0.4, -0.2) is 35.5 Å². The number of nitrogen functional groups attached to an aromatic ring is 1. The number of likely N-dealkylation sites (tertiary alicyclic amines) is 1. The molecular formula is C13H20N4O2. The van der Waals surface area contributed by atoms with Crippen molar-refractivity contribution in [1.82, 2.24) is 4.90 Å². The topological polar surface area (TPSA) is 84.4 Å². The average molecular weight is 264 g/mol. The predicted octanol–water partition coefficient (Wildman–Crippen LogP) is 2.07. The van der Waals surface area contributed by atoms with Gasteiger partial charge in [-0.2, -0.15) is 0 Å². The summed E-state index contributed by atoms with van der Waals surface area (Å²) < 4.78 is 0. The van der Waals surface area contributed by atoms with Crippen molar-refractivity contribution in [1.29, 1.82) is 0 Å². The molecule has 1 aliphatic rings. The molecule has 1 fully saturated rings. The summed E-state index contributed by atoms with van der Waals surface area (Å²) in [7, 11) is 0. The lowest BCUT2D eigenvalue weighted by atomic mass is 10.1. The summed E-state index contributed by atoms with van der Waals surface area (Å²) in [6.07, 6.45) is 2.23. The molecule has 0 aromatic heterocycles. The van der Waals surface area contributed by atoms with E-state index in [-0.39, 0.29) is 5.69 Å². The van der Waals surface area contributed by atoms with Gasteiger partial charge in [0.05, 0.1) is 4.92 Å². The van der Waals surface area contributed by atoms with Crippen LogP contribution in [0.2, 0.25) is 0 Å². The molecule has 6 nitrogen and oxygen atoms in total. The summed E-state index contributed by atoms with van der Waals surface area (Å²) in [5.41, 5.74) is 6.88. The molecule has 1 atom stereocenters. The predicted molar refractivity (Wildman–Crippen MR) is 76.3 cm³/mol. The summed E-state index contributed by atoms with van der Waals surface area (Å²) in [5.74, 6) is 0. The molecule has 1 saturated heterocycles. The number of nitrogens with two attached hydrogens (primary N) is 1. The highest BCUT2D eigenvalue weighted by molar-refractivity contribution is 5.61. The van der Waals surface area contributed by atoms with Crippen molar-refractivity contribution in [3.63, 3.8) is 0 Å². The van der Waals surface area contributed by atoms with Gasteiger partial charge in [-0.25, -0.2) is 0 Å². The number of rotatable bonds is 4. The van der Waals surface area contributed by atoms with E-state index in [9.17, 15) is 10.1 Å². The minimum absolute atomic E-state index is 0.0330. The van der Waals surface area contributed by atoms with Crippen LogP contribution < -0.4 is 11.1 Å². The Morgan fingerprint density at radius 1 is 1.53 bits per heavy atom. The molecule has 1 aromatic carbocycles. The van der Waals surface area contributed by atoms with Crippen molar-refractivity contribution >= 4 is 17.1 Å². The number of nitro groups is 1. The monoisotopic (exact) mass is 264 g/mol. The Labute approximate surface area is 112 Å². The second-order valence-electron chi connectivity index (χ2n) is 4.95. The van der Waals surface area contributed by atoms with Crippen LogP contribution in [0.15, 0.2) is 18.2 Å². The van der Waals surface area contributed by atoms with Crippen LogP contribution in [0.4, 0.5) is 17.1 Å². The van der Waals surface area contributed by atoms with E-state index < -0.39 is 4.92 Å². The molecule has 3 N–H and O–H groups in total. The molecule has 0 saturated carbocycles. The maximum absolute atomic E-state index is 10.8. The largest absolute Gasteiger partial charge is 0.398 e. The number of likely N-dealkylation sites (N-methyl/N-ethyl adjacent to an activating group) is 1. The standard InChI is InChI=1S/C13H20N4O2/c1-2-16-5-3-4-11(9-16)15-12-6-10(14)7-13(8-12)17(18)19/h6-8,11,15H,2-5,9,14H2,1H3. The normalized spacial score (nSPS) is 20.2. The van der Waals surface area contributed by atoms with Gasteiger partial charge in [0.2, 0.25) is 0 Å². The first-order chi connectivity index (χ1) is 9.08. The molecule has 104 valence electrons. The zero-order chi connectivity index (χ0) is 13.8. The summed E-state index contributed by atoms with van der Waals surface area (Å²) in [5, 5.41) is 14.2. The Bertz CT molecular complexity index is 464. The van der Waals surface area contributed by atoms with E-state index >= 15 is 0 Å². The van der Waals surface area contributed by atoms with Crippen LogP contribution in [0, 0.1) is 10.1 Å². The second-order valence-corrected chi connectivity index (χ2v) is 4.95. The Hall–Kier alpha value is -1.82. The van der Waals surface area contributed by atoms with Crippen molar-refractivity contribution in [3.8, 4) is 0 Å². The second kappa shape index (κ2) is 5.88. The Morgan fingerprint density at radius 3 is 3.00 bits per heavy atom. The van der Waals surface area contributed by atoms with E-state index in [0.717, 1.165) is 38.2 Å². The average Bonchev–Trinajstić information content (AvgIpc) is 2.38. The molecule has 0 aliphatic carbocycles. The Kier molecular flexibility index (Phi) is 4.21. The number of nitrogens with zero attached hydrogens (tertiary/aromatic N) is 2. The van der Waals surface area contributed by atoms with E-state index in [2.05, 4.69) is 17.1 Å². The van der Waals surface area contributed by atoms with E-state index in [1.54, 1.807) is 12.1 Å². The minimum Gasteiger partial charge on any atom is -0.398 e. The molecule has 0 bridgehead atoms. The van der Waals surface area contributed by atoms with Crippen LogP contribution in [0.3, 0.4) is 0 Å². The highest BCUT2D eigenvalue weighted by Gasteiger charge is 2.19. The van der Waals surface area contributed by atoms with Gasteiger partial charge >= 0.3 is 0 Å². The molecule has 0 spiro atoms. The van der Waals surface area contributed by atoms with Gasteiger partial charge in [0.15, 0.2) is 0 Å². The molecule has 1 aliphatic heterocycles.